The van der Waals surface area contributed by atoms with Gasteiger partial charge in [-0.25, -0.2) is 0 Å². The lowest BCUT2D eigenvalue weighted by atomic mass is 9.85. The number of carbonyl (C=O) groups is 3. The first-order chi connectivity index (χ1) is 12.4. The first kappa shape index (κ1) is 19.7. The SMILES string of the molecule is CCOC(=O)C(C(=O)OCC)[C@H](CC(C)=O)c1cc2ccccc2n1C. The fraction of sp³-hybridized carbons (Fsp3) is 0.450. The van der Waals surface area contributed by atoms with E-state index in [1.165, 1.54) is 6.92 Å². The van der Waals surface area contributed by atoms with E-state index in [1.807, 2.05) is 41.9 Å². The first-order valence-electron chi connectivity index (χ1n) is 8.77. The highest BCUT2D eigenvalue weighted by Gasteiger charge is 2.40. The summed E-state index contributed by atoms with van der Waals surface area (Å²) in [6.07, 6.45) is 0.0481. The third kappa shape index (κ3) is 4.12. The summed E-state index contributed by atoms with van der Waals surface area (Å²) in [7, 11) is 1.86. The second kappa shape index (κ2) is 8.65. The van der Waals surface area contributed by atoms with Crippen LogP contribution in [0.5, 0.6) is 0 Å². The largest absolute Gasteiger partial charge is 0.465 e. The second-order valence-corrected chi connectivity index (χ2v) is 6.18. The van der Waals surface area contributed by atoms with Crippen LogP contribution in [0.15, 0.2) is 30.3 Å². The van der Waals surface area contributed by atoms with Crippen LogP contribution in [-0.2, 0) is 30.9 Å². The molecule has 0 unspecified atom stereocenters. The Labute approximate surface area is 153 Å². The highest BCUT2D eigenvalue weighted by molar-refractivity contribution is 5.97. The van der Waals surface area contributed by atoms with Crippen LogP contribution in [0.4, 0.5) is 0 Å². The molecule has 140 valence electrons. The molecule has 6 heteroatoms. The molecule has 0 saturated heterocycles. The number of nitrogens with zero attached hydrogens (tertiary/aromatic N) is 1. The minimum absolute atomic E-state index is 0.0481. The maximum absolute atomic E-state index is 12.5. The zero-order valence-corrected chi connectivity index (χ0v) is 15.7. The lowest BCUT2D eigenvalue weighted by molar-refractivity contribution is -0.163. The molecule has 1 atom stereocenters. The molecule has 1 aromatic heterocycles. The summed E-state index contributed by atoms with van der Waals surface area (Å²) in [5.74, 6) is -3.27. The van der Waals surface area contributed by atoms with E-state index in [0.29, 0.717) is 0 Å². The average molecular weight is 359 g/mol. The predicted octanol–water partition coefficient (Wildman–Crippen LogP) is 2.98. The number of rotatable bonds is 8. The highest BCUT2D eigenvalue weighted by Crippen LogP contribution is 2.34. The van der Waals surface area contributed by atoms with Crippen molar-refractivity contribution in [2.24, 2.45) is 13.0 Å². The standard InChI is InChI=1S/C20H25NO5/c1-5-25-19(23)18(20(24)26-6-2)15(11-13(3)22)17-12-14-9-7-8-10-16(14)21(17)4/h7-10,12,15,18H,5-6,11H2,1-4H3/t15-/m1/s1. The predicted molar refractivity (Wildman–Crippen MR) is 97.7 cm³/mol. The lowest BCUT2D eigenvalue weighted by Gasteiger charge is -2.24. The van der Waals surface area contributed by atoms with Gasteiger partial charge in [0.05, 0.1) is 13.2 Å². The zero-order chi connectivity index (χ0) is 19.3. The van der Waals surface area contributed by atoms with Gasteiger partial charge >= 0.3 is 11.9 Å². The van der Waals surface area contributed by atoms with Crippen LogP contribution in [0, 0.1) is 5.92 Å². The summed E-state index contributed by atoms with van der Waals surface area (Å²) >= 11 is 0. The van der Waals surface area contributed by atoms with E-state index < -0.39 is 23.8 Å². The molecule has 0 aliphatic heterocycles. The van der Waals surface area contributed by atoms with Gasteiger partial charge in [0.15, 0.2) is 5.92 Å². The zero-order valence-electron chi connectivity index (χ0n) is 15.7. The number of hydrogen-bond acceptors (Lipinski definition) is 5. The van der Waals surface area contributed by atoms with Gasteiger partial charge in [-0.2, -0.15) is 0 Å². The Kier molecular flexibility index (Phi) is 6.55. The number of Topliss-reactive ketones (excluding diaryl/α,β-unsaturated/α-hetero) is 1. The number of hydrogen-bond donors (Lipinski definition) is 0. The molecule has 0 aliphatic carbocycles. The summed E-state index contributed by atoms with van der Waals surface area (Å²) in [4.78, 5) is 37.0. The average Bonchev–Trinajstić information content (AvgIpc) is 2.91. The van der Waals surface area contributed by atoms with E-state index in [2.05, 4.69) is 0 Å². The molecule has 0 saturated carbocycles. The van der Waals surface area contributed by atoms with Gasteiger partial charge in [-0.05, 0) is 38.3 Å². The van der Waals surface area contributed by atoms with Crippen molar-refractivity contribution >= 4 is 28.6 Å². The number of carbonyl (C=O) groups excluding carboxylic acids is 3. The number of para-hydroxylation sites is 1. The molecular formula is C20H25NO5. The van der Waals surface area contributed by atoms with E-state index in [1.54, 1.807) is 13.8 Å². The molecule has 1 aromatic carbocycles. The molecule has 0 spiro atoms. The molecule has 0 aliphatic rings. The summed E-state index contributed by atoms with van der Waals surface area (Å²) < 4.78 is 12.1. The number of fused-ring (bicyclic) bond motifs is 1. The Morgan fingerprint density at radius 2 is 1.62 bits per heavy atom. The van der Waals surface area contributed by atoms with Crippen molar-refractivity contribution in [3.05, 3.63) is 36.0 Å². The van der Waals surface area contributed by atoms with Crippen molar-refractivity contribution in [1.82, 2.24) is 4.57 Å². The van der Waals surface area contributed by atoms with Crippen LogP contribution in [0.3, 0.4) is 0 Å². The molecule has 1 heterocycles. The van der Waals surface area contributed by atoms with Gasteiger partial charge in [0, 0.05) is 30.6 Å². The minimum Gasteiger partial charge on any atom is -0.465 e. The van der Waals surface area contributed by atoms with Crippen LogP contribution < -0.4 is 0 Å². The third-order valence-corrected chi connectivity index (χ3v) is 4.36. The molecule has 0 N–H and O–H groups in total. The van der Waals surface area contributed by atoms with Gasteiger partial charge in [-0.1, -0.05) is 18.2 Å². The number of esters is 2. The van der Waals surface area contributed by atoms with Crippen molar-refractivity contribution in [1.29, 1.82) is 0 Å². The van der Waals surface area contributed by atoms with Crippen molar-refractivity contribution < 1.29 is 23.9 Å². The molecule has 26 heavy (non-hydrogen) atoms. The number of benzene rings is 1. The maximum Gasteiger partial charge on any atom is 0.321 e. The maximum atomic E-state index is 12.5. The van der Waals surface area contributed by atoms with Crippen LogP contribution in [0.1, 0.15) is 38.8 Å². The normalized spacial score (nSPS) is 12.2. The minimum atomic E-state index is -1.18. The van der Waals surface area contributed by atoms with Gasteiger partial charge < -0.3 is 18.8 Å². The second-order valence-electron chi connectivity index (χ2n) is 6.18. The van der Waals surface area contributed by atoms with E-state index >= 15 is 0 Å². The van der Waals surface area contributed by atoms with Gasteiger partial charge in [-0.3, -0.25) is 9.59 Å². The quantitative estimate of drug-likeness (QED) is 0.535. The lowest BCUT2D eigenvalue weighted by Crippen LogP contribution is -2.35. The summed E-state index contributed by atoms with van der Waals surface area (Å²) in [6, 6.07) is 9.65. The fourth-order valence-electron chi connectivity index (χ4n) is 3.26. The first-order valence-corrected chi connectivity index (χ1v) is 8.77. The van der Waals surface area contributed by atoms with Crippen LogP contribution >= 0.6 is 0 Å². The number of aromatic nitrogens is 1. The Bertz CT molecular complexity index is 790. The Hall–Kier alpha value is -2.63. The summed E-state index contributed by atoms with van der Waals surface area (Å²) in [5.41, 5.74) is 1.69. The Morgan fingerprint density at radius 3 is 2.12 bits per heavy atom. The van der Waals surface area contributed by atoms with Gasteiger partial charge in [0.25, 0.3) is 0 Å². The molecule has 2 aromatic rings. The van der Waals surface area contributed by atoms with Crippen molar-refractivity contribution in [3.8, 4) is 0 Å². The van der Waals surface area contributed by atoms with E-state index in [0.717, 1.165) is 16.6 Å². The highest BCUT2D eigenvalue weighted by atomic mass is 16.6. The van der Waals surface area contributed by atoms with E-state index in [-0.39, 0.29) is 25.4 Å². The van der Waals surface area contributed by atoms with E-state index in [9.17, 15) is 14.4 Å². The fourth-order valence-corrected chi connectivity index (χ4v) is 3.26. The third-order valence-electron chi connectivity index (χ3n) is 4.36. The smallest absolute Gasteiger partial charge is 0.321 e. The van der Waals surface area contributed by atoms with Crippen molar-refractivity contribution in [3.63, 3.8) is 0 Å². The van der Waals surface area contributed by atoms with Crippen LogP contribution in [-0.4, -0.2) is 35.5 Å². The monoisotopic (exact) mass is 359 g/mol. The molecular weight excluding hydrogens is 334 g/mol. The number of ether oxygens (including phenoxy) is 2. The van der Waals surface area contributed by atoms with E-state index in [4.69, 9.17) is 9.47 Å². The molecule has 6 nitrogen and oxygen atoms in total. The van der Waals surface area contributed by atoms with Crippen molar-refractivity contribution in [2.45, 2.75) is 33.1 Å². The molecule has 0 radical (unpaired) electrons. The molecule has 0 amide bonds. The Balaban J connectivity index is 2.57. The molecule has 0 bridgehead atoms. The molecule has 2 rings (SSSR count). The Morgan fingerprint density at radius 1 is 1.04 bits per heavy atom. The van der Waals surface area contributed by atoms with Crippen LogP contribution in [0.2, 0.25) is 0 Å². The van der Waals surface area contributed by atoms with Crippen LogP contribution in [0.25, 0.3) is 10.9 Å². The number of ketones is 1. The summed E-state index contributed by atoms with van der Waals surface area (Å²) in [5, 5.41) is 0.977. The van der Waals surface area contributed by atoms with Gasteiger partial charge in [-0.15, -0.1) is 0 Å². The number of aryl methyl sites for hydroxylation is 1. The van der Waals surface area contributed by atoms with Gasteiger partial charge in [0.2, 0.25) is 0 Å². The topological polar surface area (TPSA) is 74.6 Å². The molecule has 0 fully saturated rings. The van der Waals surface area contributed by atoms with Crippen molar-refractivity contribution in [2.75, 3.05) is 13.2 Å². The van der Waals surface area contributed by atoms with Gasteiger partial charge in [0.1, 0.15) is 5.78 Å². The summed E-state index contributed by atoms with van der Waals surface area (Å²) in [6.45, 7) is 5.10.